The monoisotopic (exact) mass is 222 g/mol. The summed E-state index contributed by atoms with van der Waals surface area (Å²) in [6, 6.07) is 0. The Kier molecular flexibility index (Phi) is 6.80. The van der Waals surface area contributed by atoms with Gasteiger partial charge in [0.1, 0.15) is 0 Å². The van der Waals surface area contributed by atoms with Crippen molar-refractivity contribution in [2.75, 3.05) is 32.8 Å². The van der Waals surface area contributed by atoms with E-state index in [-0.39, 0.29) is 6.54 Å². The van der Waals surface area contributed by atoms with Crippen molar-refractivity contribution in [1.82, 2.24) is 10.6 Å². The zero-order valence-electron chi connectivity index (χ0n) is 8.98. The quantitative estimate of drug-likeness (QED) is 0.630. The molecule has 0 atom stereocenters. The molecular weight excluding hydrogens is 202 g/mol. The largest absolute Gasteiger partial charge is 0.378 e. The second-order valence-corrected chi connectivity index (χ2v) is 3.77. The first-order valence-electron chi connectivity index (χ1n) is 5.60. The fourth-order valence-corrected chi connectivity index (χ4v) is 1.62. The molecule has 0 spiro atoms. The number of hydrogen-bond acceptors (Lipinski definition) is 3. The predicted octanol–water partition coefficient (Wildman–Crippen LogP) is 1.000. The van der Waals surface area contributed by atoms with E-state index in [1.807, 2.05) is 0 Å². The van der Waals surface area contributed by atoms with Crippen LogP contribution in [-0.2, 0) is 4.74 Å². The van der Waals surface area contributed by atoms with E-state index in [0.29, 0.717) is 19.3 Å². The first-order chi connectivity index (χ1) is 7.29. The Bertz CT molecular complexity index is 152. The smallest absolute Gasteiger partial charge is 0.250 e. The summed E-state index contributed by atoms with van der Waals surface area (Å²) >= 11 is 0. The van der Waals surface area contributed by atoms with Gasteiger partial charge in [-0.1, -0.05) is 0 Å². The molecule has 1 saturated heterocycles. The Labute approximate surface area is 89.6 Å². The summed E-state index contributed by atoms with van der Waals surface area (Å²) in [7, 11) is 0. The molecule has 0 aromatic rings. The zero-order valence-corrected chi connectivity index (χ0v) is 8.98. The van der Waals surface area contributed by atoms with Crippen molar-refractivity contribution < 1.29 is 13.5 Å². The van der Waals surface area contributed by atoms with E-state index in [1.54, 1.807) is 0 Å². The van der Waals surface area contributed by atoms with Gasteiger partial charge >= 0.3 is 0 Å². The van der Waals surface area contributed by atoms with Crippen molar-refractivity contribution in [2.24, 2.45) is 0 Å². The van der Waals surface area contributed by atoms with E-state index in [0.717, 1.165) is 32.4 Å². The third-order valence-corrected chi connectivity index (χ3v) is 2.44. The van der Waals surface area contributed by atoms with Gasteiger partial charge in [0.05, 0.1) is 12.6 Å². The summed E-state index contributed by atoms with van der Waals surface area (Å²) in [6.45, 7) is 3.10. The summed E-state index contributed by atoms with van der Waals surface area (Å²) in [5, 5.41) is 5.94. The lowest BCUT2D eigenvalue weighted by Crippen LogP contribution is -2.33. The lowest BCUT2D eigenvalue weighted by Gasteiger charge is -2.22. The van der Waals surface area contributed by atoms with Gasteiger partial charge in [-0.3, -0.25) is 0 Å². The molecule has 1 rings (SSSR count). The molecule has 0 saturated carbocycles. The number of nitrogens with one attached hydrogen (secondary N) is 2. The van der Waals surface area contributed by atoms with Crippen LogP contribution in [0.15, 0.2) is 0 Å². The minimum absolute atomic E-state index is 0.215. The normalized spacial score (nSPS) is 18.6. The Hall–Kier alpha value is -0.260. The maximum Gasteiger partial charge on any atom is 0.250 e. The van der Waals surface area contributed by atoms with E-state index in [1.165, 1.54) is 0 Å². The standard InChI is InChI=1S/C10H20F2N2O/c11-10(12)8-14-4-1-7-15-9-2-5-13-6-3-9/h9-10,13-14H,1-8H2. The van der Waals surface area contributed by atoms with Crippen molar-refractivity contribution >= 4 is 0 Å². The molecule has 0 aromatic heterocycles. The number of hydrogen-bond donors (Lipinski definition) is 2. The maximum atomic E-state index is 11.7. The lowest BCUT2D eigenvalue weighted by molar-refractivity contribution is 0.0313. The predicted molar refractivity (Wildman–Crippen MR) is 55.3 cm³/mol. The van der Waals surface area contributed by atoms with Crippen molar-refractivity contribution in [3.05, 3.63) is 0 Å². The van der Waals surface area contributed by atoms with Crippen molar-refractivity contribution in [3.63, 3.8) is 0 Å². The maximum absolute atomic E-state index is 11.7. The third kappa shape index (κ3) is 6.76. The summed E-state index contributed by atoms with van der Waals surface area (Å²) in [5.41, 5.74) is 0. The van der Waals surface area contributed by atoms with Gasteiger partial charge in [-0.25, -0.2) is 8.78 Å². The zero-order chi connectivity index (χ0) is 10.9. The fourth-order valence-electron chi connectivity index (χ4n) is 1.62. The number of piperidine rings is 1. The second kappa shape index (κ2) is 7.96. The molecule has 1 aliphatic rings. The minimum Gasteiger partial charge on any atom is -0.378 e. The molecule has 0 aliphatic carbocycles. The number of alkyl halides is 2. The van der Waals surface area contributed by atoms with E-state index in [2.05, 4.69) is 10.6 Å². The molecule has 0 bridgehead atoms. The van der Waals surface area contributed by atoms with Crippen molar-refractivity contribution in [3.8, 4) is 0 Å². The van der Waals surface area contributed by atoms with Gasteiger partial charge < -0.3 is 15.4 Å². The van der Waals surface area contributed by atoms with Crippen LogP contribution in [0.4, 0.5) is 8.78 Å². The van der Waals surface area contributed by atoms with E-state index in [4.69, 9.17) is 4.74 Å². The van der Waals surface area contributed by atoms with Crippen LogP contribution in [0.5, 0.6) is 0 Å². The molecule has 0 radical (unpaired) electrons. The van der Waals surface area contributed by atoms with Gasteiger partial charge in [0, 0.05) is 6.61 Å². The molecule has 15 heavy (non-hydrogen) atoms. The lowest BCUT2D eigenvalue weighted by atomic mass is 10.1. The van der Waals surface area contributed by atoms with Gasteiger partial charge in [0.2, 0.25) is 0 Å². The van der Waals surface area contributed by atoms with Crippen LogP contribution in [0.2, 0.25) is 0 Å². The minimum atomic E-state index is -2.25. The highest BCUT2D eigenvalue weighted by Gasteiger charge is 2.12. The third-order valence-electron chi connectivity index (χ3n) is 2.44. The van der Waals surface area contributed by atoms with Crippen LogP contribution in [0, 0.1) is 0 Å². The SMILES string of the molecule is FC(F)CNCCCOC1CCNCC1. The summed E-state index contributed by atoms with van der Waals surface area (Å²) in [5.74, 6) is 0. The molecule has 5 heteroatoms. The summed E-state index contributed by atoms with van der Waals surface area (Å²) < 4.78 is 29.1. The number of halogens is 2. The Morgan fingerprint density at radius 2 is 2.07 bits per heavy atom. The topological polar surface area (TPSA) is 33.3 Å². The fraction of sp³-hybridized carbons (Fsp3) is 1.00. The highest BCUT2D eigenvalue weighted by Crippen LogP contribution is 2.06. The first-order valence-corrected chi connectivity index (χ1v) is 5.60. The van der Waals surface area contributed by atoms with E-state index in [9.17, 15) is 8.78 Å². The van der Waals surface area contributed by atoms with Crippen molar-refractivity contribution in [2.45, 2.75) is 31.8 Å². The Balaban J connectivity index is 1.83. The molecule has 1 heterocycles. The van der Waals surface area contributed by atoms with Gasteiger partial charge in [-0.05, 0) is 38.9 Å². The molecular formula is C10H20F2N2O. The molecule has 0 aromatic carbocycles. The van der Waals surface area contributed by atoms with E-state index < -0.39 is 6.43 Å². The van der Waals surface area contributed by atoms with Gasteiger partial charge in [-0.2, -0.15) is 0 Å². The van der Waals surface area contributed by atoms with Crippen LogP contribution in [0.25, 0.3) is 0 Å². The molecule has 1 aliphatic heterocycles. The van der Waals surface area contributed by atoms with Crippen LogP contribution in [0.1, 0.15) is 19.3 Å². The summed E-state index contributed by atoms with van der Waals surface area (Å²) in [4.78, 5) is 0. The molecule has 1 fully saturated rings. The van der Waals surface area contributed by atoms with E-state index >= 15 is 0 Å². The Morgan fingerprint density at radius 1 is 1.33 bits per heavy atom. The number of ether oxygens (including phenoxy) is 1. The average Bonchev–Trinajstić information content (AvgIpc) is 2.24. The number of rotatable bonds is 7. The average molecular weight is 222 g/mol. The second-order valence-electron chi connectivity index (χ2n) is 3.77. The van der Waals surface area contributed by atoms with Crippen molar-refractivity contribution in [1.29, 1.82) is 0 Å². The molecule has 90 valence electrons. The molecule has 0 unspecified atom stereocenters. The highest BCUT2D eigenvalue weighted by molar-refractivity contribution is 4.68. The molecule has 3 nitrogen and oxygen atoms in total. The van der Waals surface area contributed by atoms with Crippen LogP contribution in [-0.4, -0.2) is 45.3 Å². The van der Waals surface area contributed by atoms with Gasteiger partial charge in [0.25, 0.3) is 6.43 Å². The molecule has 0 amide bonds. The van der Waals surface area contributed by atoms with Crippen LogP contribution < -0.4 is 10.6 Å². The highest BCUT2D eigenvalue weighted by atomic mass is 19.3. The Morgan fingerprint density at radius 3 is 2.73 bits per heavy atom. The van der Waals surface area contributed by atoms with Crippen LogP contribution in [0.3, 0.4) is 0 Å². The molecule has 2 N–H and O–H groups in total. The summed E-state index contributed by atoms with van der Waals surface area (Å²) in [6.07, 6.45) is 1.03. The van der Waals surface area contributed by atoms with Gasteiger partial charge in [0.15, 0.2) is 0 Å². The van der Waals surface area contributed by atoms with Crippen LogP contribution >= 0.6 is 0 Å². The first kappa shape index (κ1) is 12.8. The van der Waals surface area contributed by atoms with Gasteiger partial charge in [-0.15, -0.1) is 0 Å².